The van der Waals surface area contributed by atoms with Gasteiger partial charge in [0.05, 0.1) is 6.10 Å². The van der Waals surface area contributed by atoms with E-state index < -0.39 is 0 Å². The van der Waals surface area contributed by atoms with Crippen LogP contribution in [0.1, 0.15) is 106 Å². The van der Waals surface area contributed by atoms with E-state index in [1.165, 1.54) is 57.8 Å². The fourth-order valence-electron chi connectivity index (χ4n) is 10.0. The molecule has 0 saturated heterocycles. The second-order valence-corrected chi connectivity index (χ2v) is 15.6. The van der Waals surface area contributed by atoms with Crippen molar-refractivity contribution in [1.29, 1.82) is 0 Å². The van der Waals surface area contributed by atoms with Gasteiger partial charge in [-0.05, 0) is 103 Å². The van der Waals surface area contributed by atoms with Crippen molar-refractivity contribution < 1.29 is 5.11 Å². The normalized spacial score (nSPS) is 57.3. The first-order valence-corrected chi connectivity index (χ1v) is 14.0. The molecule has 4 fully saturated rings. The predicted octanol–water partition coefficient (Wildman–Crippen LogP) is 7.95. The monoisotopic (exact) mass is 524 g/mol. The highest BCUT2D eigenvalue weighted by molar-refractivity contribution is 14.1. The summed E-state index contributed by atoms with van der Waals surface area (Å²) in [5.41, 5.74) is 3.28. The minimum absolute atomic E-state index is 0.0622. The third-order valence-corrected chi connectivity index (χ3v) is 14.4. The van der Waals surface area contributed by atoms with Crippen LogP contribution in [0.25, 0.3) is 0 Å². The van der Waals surface area contributed by atoms with Crippen LogP contribution in [0, 0.1) is 45.3 Å². The number of alkyl halides is 1. The Hall–Kier alpha value is 0.430. The van der Waals surface area contributed by atoms with Crippen LogP contribution < -0.4 is 0 Å². The van der Waals surface area contributed by atoms with Crippen molar-refractivity contribution in [1.82, 2.24) is 0 Å². The minimum atomic E-state index is -0.119. The predicted molar refractivity (Wildman–Crippen MR) is 135 cm³/mol. The third-order valence-electron chi connectivity index (χ3n) is 12.0. The average molecular weight is 525 g/mol. The zero-order valence-corrected chi connectivity index (χ0v) is 22.5. The lowest BCUT2D eigenvalue weighted by Crippen LogP contribution is -2.63. The Balaban J connectivity index is 1.56. The average Bonchev–Trinajstić information content (AvgIpc) is 2.66. The number of allylic oxidation sites excluding steroid dienone is 2. The first-order chi connectivity index (χ1) is 13.9. The fourth-order valence-corrected chi connectivity index (χ4v) is 11.9. The van der Waals surface area contributed by atoms with E-state index in [9.17, 15) is 5.11 Å². The second kappa shape index (κ2) is 6.73. The largest absolute Gasteiger partial charge is 0.393 e. The summed E-state index contributed by atoms with van der Waals surface area (Å²) >= 11 is 2.95. The molecule has 1 nitrogen and oxygen atoms in total. The van der Waals surface area contributed by atoms with E-state index in [2.05, 4.69) is 70.2 Å². The van der Waals surface area contributed by atoms with E-state index in [4.69, 9.17) is 0 Å². The SMILES string of the molecule is CC1CCC2(C)CCC3C(=CCC4C3(C)CCC3C(C)(C)C(O)CCC34C)C2(I)C1. The molecule has 0 aromatic rings. The highest BCUT2D eigenvalue weighted by Gasteiger charge is 2.66. The molecule has 0 spiro atoms. The van der Waals surface area contributed by atoms with Crippen molar-refractivity contribution in [2.75, 3.05) is 0 Å². The molecule has 9 unspecified atom stereocenters. The summed E-state index contributed by atoms with van der Waals surface area (Å²) in [6, 6.07) is 0. The molecule has 0 heterocycles. The number of aliphatic hydroxyl groups excluding tert-OH is 1. The van der Waals surface area contributed by atoms with E-state index in [0.717, 1.165) is 24.2 Å². The van der Waals surface area contributed by atoms with Gasteiger partial charge in [-0.1, -0.05) is 82.2 Å². The summed E-state index contributed by atoms with van der Waals surface area (Å²) in [6.45, 7) is 15.2. The standard InChI is InChI=1S/C28H45IO/c1-18-9-13-25(4)14-10-19-20(28(25,29)17-18)7-8-22-26(19,5)15-11-21-24(2,3)23(30)12-16-27(21,22)6/h7,18-19,21-23,30H,8-17H2,1-6H3. The molecule has 30 heavy (non-hydrogen) atoms. The minimum Gasteiger partial charge on any atom is -0.393 e. The van der Waals surface area contributed by atoms with Crippen molar-refractivity contribution in [3.8, 4) is 0 Å². The smallest absolute Gasteiger partial charge is 0.0594 e. The van der Waals surface area contributed by atoms with Gasteiger partial charge in [0.15, 0.2) is 0 Å². The zero-order valence-electron chi connectivity index (χ0n) is 20.4. The van der Waals surface area contributed by atoms with Crippen LogP contribution in [0.3, 0.4) is 0 Å². The molecule has 0 aromatic heterocycles. The van der Waals surface area contributed by atoms with Gasteiger partial charge >= 0.3 is 0 Å². The molecule has 5 rings (SSSR count). The first kappa shape index (κ1) is 22.2. The van der Waals surface area contributed by atoms with E-state index in [0.29, 0.717) is 25.6 Å². The van der Waals surface area contributed by atoms with Crippen molar-refractivity contribution in [2.45, 2.75) is 115 Å². The van der Waals surface area contributed by atoms with Crippen LogP contribution >= 0.6 is 22.6 Å². The topological polar surface area (TPSA) is 20.2 Å². The maximum absolute atomic E-state index is 10.8. The Labute approximate surface area is 199 Å². The van der Waals surface area contributed by atoms with Gasteiger partial charge in [0.25, 0.3) is 0 Å². The molecule has 0 aromatic carbocycles. The molecule has 0 bridgehead atoms. The molecule has 170 valence electrons. The number of fused-ring (bicyclic) bond motifs is 7. The van der Waals surface area contributed by atoms with Crippen LogP contribution in [-0.4, -0.2) is 14.6 Å². The summed E-state index contributed by atoms with van der Waals surface area (Å²) in [4.78, 5) is 0. The Morgan fingerprint density at radius 1 is 0.867 bits per heavy atom. The van der Waals surface area contributed by atoms with Crippen molar-refractivity contribution in [3.63, 3.8) is 0 Å². The van der Waals surface area contributed by atoms with Crippen molar-refractivity contribution >= 4 is 22.6 Å². The Morgan fingerprint density at radius 3 is 2.27 bits per heavy atom. The number of hydrogen-bond acceptors (Lipinski definition) is 1. The number of hydrogen-bond donors (Lipinski definition) is 1. The fraction of sp³-hybridized carbons (Fsp3) is 0.929. The molecule has 0 aliphatic heterocycles. The van der Waals surface area contributed by atoms with E-state index in [1.807, 2.05) is 5.57 Å². The van der Waals surface area contributed by atoms with Crippen LogP contribution in [0.4, 0.5) is 0 Å². The highest BCUT2D eigenvalue weighted by Crippen LogP contribution is 2.73. The Kier molecular flexibility index (Phi) is 4.99. The molecule has 5 aliphatic rings. The number of aliphatic hydroxyl groups is 1. The second-order valence-electron chi connectivity index (χ2n) is 13.7. The molecular weight excluding hydrogens is 479 g/mol. The number of halogens is 1. The quantitative estimate of drug-likeness (QED) is 0.194. The molecule has 1 N–H and O–H groups in total. The Bertz CT molecular complexity index is 756. The van der Waals surface area contributed by atoms with Crippen LogP contribution in [0.5, 0.6) is 0 Å². The third kappa shape index (κ3) is 2.67. The molecule has 9 atom stereocenters. The van der Waals surface area contributed by atoms with E-state index >= 15 is 0 Å². The summed E-state index contributed by atoms with van der Waals surface area (Å²) in [5, 5.41) is 10.8. The van der Waals surface area contributed by atoms with Gasteiger partial charge in [-0.15, -0.1) is 0 Å². The van der Waals surface area contributed by atoms with Crippen LogP contribution in [0.2, 0.25) is 0 Å². The van der Waals surface area contributed by atoms with Gasteiger partial charge in [0.2, 0.25) is 0 Å². The van der Waals surface area contributed by atoms with Crippen LogP contribution in [0.15, 0.2) is 11.6 Å². The molecule has 4 saturated carbocycles. The lowest BCUT2D eigenvalue weighted by Gasteiger charge is -2.69. The maximum atomic E-state index is 10.8. The van der Waals surface area contributed by atoms with Gasteiger partial charge in [0.1, 0.15) is 0 Å². The van der Waals surface area contributed by atoms with Gasteiger partial charge in [0, 0.05) is 3.42 Å². The molecule has 0 radical (unpaired) electrons. The molecular formula is C28H45IO. The number of rotatable bonds is 0. The zero-order chi connectivity index (χ0) is 21.7. The van der Waals surface area contributed by atoms with Gasteiger partial charge in [-0.3, -0.25) is 0 Å². The van der Waals surface area contributed by atoms with Crippen molar-refractivity contribution in [2.24, 2.45) is 45.3 Å². The first-order valence-electron chi connectivity index (χ1n) is 13.0. The molecule has 5 aliphatic carbocycles. The summed E-state index contributed by atoms with van der Waals surface area (Å²) in [6.07, 6.45) is 16.0. The van der Waals surface area contributed by atoms with Gasteiger partial charge in [-0.25, -0.2) is 0 Å². The van der Waals surface area contributed by atoms with Crippen molar-refractivity contribution in [3.05, 3.63) is 11.6 Å². The lowest BCUT2D eigenvalue weighted by atomic mass is 9.37. The van der Waals surface area contributed by atoms with Gasteiger partial charge in [-0.2, -0.15) is 0 Å². The maximum Gasteiger partial charge on any atom is 0.0594 e. The van der Waals surface area contributed by atoms with Gasteiger partial charge < -0.3 is 5.11 Å². The summed E-state index contributed by atoms with van der Waals surface area (Å²) in [5.74, 6) is 3.11. The van der Waals surface area contributed by atoms with E-state index in [-0.39, 0.29) is 11.5 Å². The summed E-state index contributed by atoms with van der Waals surface area (Å²) < 4.78 is 0.388. The van der Waals surface area contributed by atoms with E-state index in [1.54, 1.807) is 0 Å². The summed E-state index contributed by atoms with van der Waals surface area (Å²) in [7, 11) is 0. The Morgan fingerprint density at radius 2 is 1.53 bits per heavy atom. The molecule has 0 amide bonds. The molecule has 2 heteroatoms. The van der Waals surface area contributed by atoms with Crippen LogP contribution in [-0.2, 0) is 0 Å². The highest BCUT2D eigenvalue weighted by atomic mass is 127. The lowest BCUT2D eigenvalue weighted by molar-refractivity contribution is -0.184.